The third kappa shape index (κ3) is 2.78. The molecule has 100 valence electrons. The second kappa shape index (κ2) is 5.55. The Morgan fingerprint density at radius 2 is 1.75 bits per heavy atom. The van der Waals surface area contributed by atoms with Crippen molar-refractivity contribution in [1.82, 2.24) is 0 Å². The largest absolute Gasteiger partial charge is 0.399 e. The topological polar surface area (TPSA) is 26.0 Å². The van der Waals surface area contributed by atoms with E-state index in [1.54, 1.807) is 17.8 Å². The standard InChI is InChI=1S/C17H14FNS/c18-14-8-15(19)10-16(9-14)20-11-13-6-3-5-12-4-1-2-7-17(12)13/h1-10H,11,19H2. The van der Waals surface area contributed by atoms with Gasteiger partial charge < -0.3 is 5.73 Å². The molecule has 3 rings (SSSR count). The summed E-state index contributed by atoms with van der Waals surface area (Å²) in [6, 6.07) is 19.2. The highest BCUT2D eigenvalue weighted by Crippen LogP contribution is 2.28. The predicted molar refractivity (Wildman–Crippen MR) is 84.3 cm³/mol. The first-order valence-electron chi connectivity index (χ1n) is 6.38. The van der Waals surface area contributed by atoms with Crippen molar-refractivity contribution in [2.24, 2.45) is 0 Å². The van der Waals surface area contributed by atoms with E-state index in [4.69, 9.17) is 5.73 Å². The molecule has 0 spiro atoms. The molecule has 0 aliphatic rings. The number of fused-ring (bicyclic) bond motifs is 1. The van der Waals surface area contributed by atoms with Gasteiger partial charge in [-0.1, -0.05) is 42.5 Å². The number of thioether (sulfide) groups is 1. The minimum Gasteiger partial charge on any atom is -0.399 e. The number of anilines is 1. The molecular weight excluding hydrogens is 269 g/mol. The van der Waals surface area contributed by atoms with Gasteiger partial charge in [-0.25, -0.2) is 4.39 Å². The molecule has 0 amide bonds. The van der Waals surface area contributed by atoms with E-state index in [0.717, 1.165) is 10.6 Å². The summed E-state index contributed by atoms with van der Waals surface area (Å²) in [5.74, 6) is 0.509. The van der Waals surface area contributed by atoms with Gasteiger partial charge in [0.2, 0.25) is 0 Å². The van der Waals surface area contributed by atoms with Crippen molar-refractivity contribution in [1.29, 1.82) is 0 Å². The molecule has 0 saturated heterocycles. The van der Waals surface area contributed by atoms with E-state index in [2.05, 4.69) is 30.3 Å². The Bertz CT molecular complexity index is 729. The summed E-state index contributed by atoms with van der Waals surface area (Å²) >= 11 is 1.60. The van der Waals surface area contributed by atoms with E-state index >= 15 is 0 Å². The predicted octanol–water partition coefficient (Wildman–Crippen LogP) is 4.85. The third-order valence-electron chi connectivity index (χ3n) is 3.17. The van der Waals surface area contributed by atoms with Crippen LogP contribution in [0.4, 0.5) is 10.1 Å². The first-order valence-corrected chi connectivity index (χ1v) is 7.36. The van der Waals surface area contributed by atoms with Gasteiger partial charge in [-0.3, -0.25) is 0 Å². The SMILES string of the molecule is Nc1cc(F)cc(SCc2cccc3ccccc23)c1. The van der Waals surface area contributed by atoms with Crippen molar-refractivity contribution in [2.45, 2.75) is 10.6 Å². The molecule has 0 aromatic heterocycles. The van der Waals surface area contributed by atoms with Crippen molar-refractivity contribution in [3.8, 4) is 0 Å². The summed E-state index contributed by atoms with van der Waals surface area (Å²) in [5, 5.41) is 2.47. The maximum Gasteiger partial charge on any atom is 0.126 e. The maximum atomic E-state index is 13.3. The van der Waals surface area contributed by atoms with Crippen LogP contribution in [0.5, 0.6) is 0 Å². The van der Waals surface area contributed by atoms with Gasteiger partial charge in [0.1, 0.15) is 5.82 Å². The summed E-state index contributed by atoms with van der Waals surface area (Å²) in [6.07, 6.45) is 0. The maximum absolute atomic E-state index is 13.3. The lowest BCUT2D eigenvalue weighted by Crippen LogP contribution is -1.88. The van der Waals surface area contributed by atoms with Gasteiger partial charge in [0.25, 0.3) is 0 Å². The van der Waals surface area contributed by atoms with Crippen LogP contribution < -0.4 is 5.73 Å². The molecule has 0 saturated carbocycles. The van der Waals surface area contributed by atoms with E-state index in [0.29, 0.717) is 5.69 Å². The van der Waals surface area contributed by atoms with Crippen LogP contribution in [0.3, 0.4) is 0 Å². The van der Waals surface area contributed by atoms with Crippen molar-refractivity contribution < 1.29 is 4.39 Å². The summed E-state index contributed by atoms with van der Waals surface area (Å²) in [6.45, 7) is 0. The third-order valence-corrected chi connectivity index (χ3v) is 4.19. The molecule has 3 heteroatoms. The van der Waals surface area contributed by atoms with Crippen LogP contribution in [0.25, 0.3) is 10.8 Å². The fourth-order valence-electron chi connectivity index (χ4n) is 2.25. The fourth-order valence-corrected chi connectivity index (χ4v) is 3.24. The molecule has 3 aromatic rings. The molecule has 3 aromatic carbocycles. The quantitative estimate of drug-likeness (QED) is 0.549. The minimum atomic E-state index is -0.287. The summed E-state index contributed by atoms with van der Waals surface area (Å²) in [5.41, 5.74) is 7.38. The van der Waals surface area contributed by atoms with Gasteiger partial charge in [-0.15, -0.1) is 11.8 Å². The molecule has 0 fully saturated rings. The summed E-state index contributed by atoms with van der Waals surface area (Å²) in [4.78, 5) is 0.857. The van der Waals surface area contributed by atoms with Crippen molar-refractivity contribution in [2.75, 3.05) is 5.73 Å². The van der Waals surface area contributed by atoms with Gasteiger partial charge >= 0.3 is 0 Å². The van der Waals surface area contributed by atoms with Crippen LogP contribution in [0.1, 0.15) is 5.56 Å². The van der Waals surface area contributed by atoms with Crippen LogP contribution in [-0.4, -0.2) is 0 Å². The highest BCUT2D eigenvalue weighted by atomic mass is 32.2. The molecule has 0 heterocycles. The lowest BCUT2D eigenvalue weighted by atomic mass is 10.1. The van der Waals surface area contributed by atoms with Gasteiger partial charge in [-0.2, -0.15) is 0 Å². The first kappa shape index (κ1) is 13.0. The molecule has 20 heavy (non-hydrogen) atoms. The second-order valence-corrected chi connectivity index (χ2v) is 5.70. The van der Waals surface area contributed by atoms with Crippen molar-refractivity contribution in [3.05, 3.63) is 72.0 Å². The average molecular weight is 283 g/mol. The van der Waals surface area contributed by atoms with Gasteiger partial charge in [0, 0.05) is 16.3 Å². The van der Waals surface area contributed by atoms with Gasteiger partial charge in [0.05, 0.1) is 0 Å². The molecule has 0 unspecified atom stereocenters. The number of rotatable bonds is 3. The van der Waals surface area contributed by atoms with E-state index in [-0.39, 0.29) is 5.82 Å². The van der Waals surface area contributed by atoms with E-state index in [1.165, 1.54) is 28.5 Å². The summed E-state index contributed by atoms with van der Waals surface area (Å²) in [7, 11) is 0. The Hall–Kier alpha value is -2.00. The van der Waals surface area contributed by atoms with Gasteiger partial charge in [-0.05, 0) is 34.5 Å². The number of hydrogen-bond acceptors (Lipinski definition) is 2. The number of halogens is 1. The Morgan fingerprint density at radius 1 is 0.950 bits per heavy atom. The van der Waals surface area contributed by atoms with E-state index < -0.39 is 0 Å². The number of nitrogens with two attached hydrogens (primary N) is 1. The van der Waals surface area contributed by atoms with E-state index in [1.807, 2.05) is 12.1 Å². The number of benzene rings is 3. The minimum absolute atomic E-state index is 0.287. The average Bonchev–Trinajstić information content (AvgIpc) is 2.44. The summed E-state index contributed by atoms with van der Waals surface area (Å²) < 4.78 is 13.3. The Balaban J connectivity index is 1.87. The zero-order valence-electron chi connectivity index (χ0n) is 10.8. The van der Waals surface area contributed by atoms with Crippen molar-refractivity contribution in [3.63, 3.8) is 0 Å². The molecule has 2 N–H and O–H groups in total. The lowest BCUT2D eigenvalue weighted by molar-refractivity contribution is 0.625. The number of hydrogen-bond donors (Lipinski definition) is 1. The molecule has 0 atom stereocenters. The normalized spacial score (nSPS) is 10.8. The van der Waals surface area contributed by atoms with Crippen LogP contribution >= 0.6 is 11.8 Å². The van der Waals surface area contributed by atoms with Gasteiger partial charge in [0.15, 0.2) is 0 Å². The highest BCUT2D eigenvalue weighted by molar-refractivity contribution is 7.98. The zero-order chi connectivity index (χ0) is 13.9. The monoisotopic (exact) mass is 283 g/mol. The van der Waals surface area contributed by atoms with Crippen molar-refractivity contribution >= 4 is 28.2 Å². The molecule has 0 aliphatic carbocycles. The first-order chi connectivity index (χ1) is 9.72. The Kier molecular flexibility index (Phi) is 3.61. The fraction of sp³-hybridized carbons (Fsp3) is 0.0588. The Morgan fingerprint density at radius 3 is 2.60 bits per heavy atom. The smallest absolute Gasteiger partial charge is 0.126 e. The van der Waals surface area contributed by atoms with Crippen LogP contribution in [0.2, 0.25) is 0 Å². The Labute approximate surface area is 121 Å². The van der Waals surface area contributed by atoms with E-state index in [9.17, 15) is 4.39 Å². The van der Waals surface area contributed by atoms with Crippen LogP contribution in [0.15, 0.2) is 65.6 Å². The number of nitrogen functional groups attached to an aromatic ring is 1. The second-order valence-electron chi connectivity index (χ2n) is 4.65. The molecular formula is C17H14FNS. The van der Waals surface area contributed by atoms with Crippen LogP contribution in [-0.2, 0) is 5.75 Å². The highest BCUT2D eigenvalue weighted by Gasteiger charge is 2.03. The molecule has 0 bridgehead atoms. The molecule has 0 aliphatic heterocycles. The van der Waals surface area contributed by atoms with Crippen LogP contribution in [0, 0.1) is 5.82 Å². The molecule has 0 radical (unpaired) electrons. The zero-order valence-corrected chi connectivity index (χ0v) is 11.7. The lowest BCUT2D eigenvalue weighted by Gasteiger charge is -2.07. The molecule has 1 nitrogen and oxygen atoms in total.